The van der Waals surface area contributed by atoms with Gasteiger partial charge in [0.1, 0.15) is 5.78 Å². The molecule has 12 heavy (non-hydrogen) atoms. The normalized spacial score (nSPS) is 32.2. The van der Waals surface area contributed by atoms with Gasteiger partial charge in [0, 0.05) is 17.2 Å². The number of carbonyl (C=O) groups excluding carboxylic acids is 1. The second-order valence-corrected chi connectivity index (χ2v) is 5.44. The molecule has 1 aliphatic carbocycles. The zero-order valence-electron chi connectivity index (χ0n) is 8.06. The summed E-state index contributed by atoms with van der Waals surface area (Å²) in [4.78, 5) is 11.2. The summed E-state index contributed by atoms with van der Waals surface area (Å²) >= 11 is 6.13. The van der Waals surface area contributed by atoms with Crippen LogP contribution in [0.4, 0.5) is 0 Å². The van der Waals surface area contributed by atoms with Crippen molar-refractivity contribution in [3.05, 3.63) is 0 Å². The topological polar surface area (TPSA) is 17.1 Å². The van der Waals surface area contributed by atoms with E-state index in [1.54, 1.807) is 0 Å². The fourth-order valence-corrected chi connectivity index (χ4v) is 2.16. The molecule has 1 rings (SSSR count). The Morgan fingerprint density at radius 3 is 2.42 bits per heavy atom. The molecule has 1 fully saturated rings. The van der Waals surface area contributed by atoms with E-state index < -0.39 is 0 Å². The van der Waals surface area contributed by atoms with Crippen LogP contribution in [-0.4, -0.2) is 10.7 Å². The van der Waals surface area contributed by atoms with Crippen LogP contribution in [0.15, 0.2) is 0 Å². The number of ketones is 1. The van der Waals surface area contributed by atoms with Crippen LogP contribution in [0.25, 0.3) is 0 Å². The molecule has 0 heterocycles. The third-order valence-corrected chi connectivity index (χ3v) is 2.98. The highest BCUT2D eigenvalue weighted by atomic mass is 35.5. The molecule has 0 aliphatic heterocycles. The van der Waals surface area contributed by atoms with Crippen LogP contribution in [-0.2, 0) is 4.79 Å². The van der Waals surface area contributed by atoms with Gasteiger partial charge < -0.3 is 0 Å². The monoisotopic (exact) mass is 188 g/mol. The maximum absolute atomic E-state index is 11.6. The lowest BCUT2D eigenvalue weighted by Crippen LogP contribution is -2.36. The van der Waals surface area contributed by atoms with Crippen molar-refractivity contribution in [1.29, 1.82) is 0 Å². The molecule has 2 atom stereocenters. The lowest BCUT2D eigenvalue weighted by atomic mass is 9.76. The van der Waals surface area contributed by atoms with Crippen molar-refractivity contribution in [2.24, 2.45) is 11.8 Å². The summed E-state index contributed by atoms with van der Waals surface area (Å²) in [7, 11) is 0. The van der Waals surface area contributed by atoms with E-state index in [0.717, 1.165) is 19.3 Å². The number of rotatable bonds is 1. The second-order valence-electron chi connectivity index (χ2n) is 4.47. The quantitative estimate of drug-likeness (QED) is 0.579. The van der Waals surface area contributed by atoms with E-state index in [0.29, 0.717) is 11.7 Å². The molecule has 0 spiro atoms. The average Bonchev–Trinajstić information content (AvgIpc) is 1.83. The Morgan fingerprint density at radius 1 is 1.42 bits per heavy atom. The van der Waals surface area contributed by atoms with Gasteiger partial charge in [-0.3, -0.25) is 4.79 Å². The van der Waals surface area contributed by atoms with E-state index >= 15 is 0 Å². The van der Waals surface area contributed by atoms with Crippen LogP contribution in [0.5, 0.6) is 0 Å². The summed E-state index contributed by atoms with van der Waals surface area (Å²) in [5.41, 5.74) is 0. The Labute approximate surface area is 79.5 Å². The number of Topliss-reactive ketones (excluding diaryl/α,β-unsaturated/α-hetero) is 1. The maximum Gasteiger partial charge on any atom is 0.137 e. The first-order valence-electron chi connectivity index (χ1n) is 4.63. The summed E-state index contributed by atoms with van der Waals surface area (Å²) in [6, 6.07) is 0. The van der Waals surface area contributed by atoms with Crippen LogP contribution in [0.1, 0.15) is 40.0 Å². The number of hydrogen-bond donors (Lipinski definition) is 0. The van der Waals surface area contributed by atoms with Crippen LogP contribution >= 0.6 is 11.6 Å². The van der Waals surface area contributed by atoms with Gasteiger partial charge in [-0.2, -0.15) is 0 Å². The second kappa shape index (κ2) is 3.37. The zero-order chi connectivity index (χ0) is 9.35. The van der Waals surface area contributed by atoms with Gasteiger partial charge >= 0.3 is 0 Å². The molecule has 0 aromatic heterocycles. The van der Waals surface area contributed by atoms with Crippen LogP contribution < -0.4 is 0 Å². The third kappa shape index (κ3) is 2.22. The molecule has 70 valence electrons. The van der Waals surface area contributed by atoms with E-state index in [9.17, 15) is 4.79 Å². The lowest BCUT2D eigenvalue weighted by Gasteiger charge is -2.32. The van der Waals surface area contributed by atoms with Crippen molar-refractivity contribution in [2.75, 3.05) is 0 Å². The molecule has 1 aliphatic rings. The highest BCUT2D eigenvalue weighted by molar-refractivity contribution is 6.25. The Balaban J connectivity index is 2.63. The number of carbonyl (C=O) groups is 1. The molecule has 0 aromatic rings. The molecular formula is C10H17ClO. The van der Waals surface area contributed by atoms with E-state index in [4.69, 9.17) is 11.6 Å². The Morgan fingerprint density at radius 2 is 2.00 bits per heavy atom. The molecule has 0 N–H and O–H groups in total. The molecule has 0 amide bonds. The number of hydrogen-bond acceptors (Lipinski definition) is 1. The van der Waals surface area contributed by atoms with E-state index in [2.05, 4.69) is 6.92 Å². The standard InChI is InChI=1S/C10H17ClO/c1-7-4-5-8(9(12)6-7)10(2,3)11/h7-8H,4-6H2,1-3H3. The number of alkyl halides is 1. The molecule has 0 aromatic carbocycles. The van der Waals surface area contributed by atoms with Gasteiger partial charge in [0.2, 0.25) is 0 Å². The molecule has 0 radical (unpaired) electrons. The molecule has 0 saturated heterocycles. The smallest absolute Gasteiger partial charge is 0.137 e. The minimum atomic E-state index is -0.350. The van der Waals surface area contributed by atoms with Crippen molar-refractivity contribution < 1.29 is 4.79 Å². The Bertz CT molecular complexity index is 181. The molecule has 0 bridgehead atoms. The predicted molar refractivity (Wildman–Crippen MR) is 51.4 cm³/mol. The highest BCUT2D eigenvalue weighted by Gasteiger charge is 2.36. The van der Waals surface area contributed by atoms with Gasteiger partial charge in [-0.15, -0.1) is 11.6 Å². The van der Waals surface area contributed by atoms with Crippen molar-refractivity contribution in [3.8, 4) is 0 Å². The Hall–Kier alpha value is -0.0400. The highest BCUT2D eigenvalue weighted by Crippen LogP contribution is 2.36. The lowest BCUT2D eigenvalue weighted by molar-refractivity contribution is -0.126. The van der Waals surface area contributed by atoms with E-state index in [-0.39, 0.29) is 10.8 Å². The summed E-state index contributed by atoms with van der Waals surface area (Å²) < 4.78 is 0. The fraction of sp³-hybridized carbons (Fsp3) is 0.900. The molecule has 2 heteroatoms. The van der Waals surface area contributed by atoms with Gasteiger partial charge in [-0.25, -0.2) is 0 Å². The maximum atomic E-state index is 11.6. The van der Waals surface area contributed by atoms with Gasteiger partial charge in [0.15, 0.2) is 0 Å². The fourth-order valence-electron chi connectivity index (χ4n) is 1.93. The van der Waals surface area contributed by atoms with Gasteiger partial charge in [-0.1, -0.05) is 6.92 Å². The van der Waals surface area contributed by atoms with E-state index in [1.807, 2.05) is 13.8 Å². The predicted octanol–water partition coefficient (Wildman–Crippen LogP) is 3.01. The summed E-state index contributed by atoms with van der Waals surface area (Å²) in [6.07, 6.45) is 2.84. The van der Waals surface area contributed by atoms with Gasteiger partial charge in [-0.05, 0) is 32.6 Å². The van der Waals surface area contributed by atoms with Gasteiger partial charge in [0.25, 0.3) is 0 Å². The van der Waals surface area contributed by atoms with Gasteiger partial charge in [0.05, 0.1) is 0 Å². The first kappa shape index (κ1) is 10.0. The molecular weight excluding hydrogens is 172 g/mol. The van der Waals surface area contributed by atoms with Crippen molar-refractivity contribution in [2.45, 2.75) is 44.9 Å². The van der Waals surface area contributed by atoms with E-state index in [1.165, 1.54) is 0 Å². The van der Waals surface area contributed by atoms with Crippen molar-refractivity contribution in [3.63, 3.8) is 0 Å². The van der Waals surface area contributed by atoms with Crippen LogP contribution in [0.2, 0.25) is 0 Å². The molecule has 1 nitrogen and oxygen atoms in total. The molecule has 2 unspecified atom stereocenters. The third-order valence-electron chi connectivity index (χ3n) is 2.72. The zero-order valence-corrected chi connectivity index (χ0v) is 8.82. The average molecular weight is 189 g/mol. The Kier molecular flexibility index (Phi) is 2.82. The van der Waals surface area contributed by atoms with Crippen molar-refractivity contribution >= 4 is 17.4 Å². The summed E-state index contributed by atoms with van der Waals surface area (Å²) in [5, 5.41) is 0. The van der Waals surface area contributed by atoms with Crippen LogP contribution in [0, 0.1) is 11.8 Å². The largest absolute Gasteiger partial charge is 0.299 e. The first-order valence-corrected chi connectivity index (χ1v) is 5.00. The molecule has 1 saturated carbocycles. The SMILES string of the molecule is CC1CCC(C(C)(C)Cl)C(=O)C1. The van der Waals surface area contributed by atoms with Crippen molar-refractivity contribution in [1.82, 2.24) is 0 Å². The first-order chi connectivity index (χ1) is 5.41. The number of halogens is 1. The summed E-state index contributed by atoms with van der Waals surface area (Å²) in [6.45, 7) is 6.01. The minimum Gasteiger partial charge on any atom is -0.299 e. The van der Waals surface area contributed by atoms with Crippen LogP contribution in [0.3, 0.4) is 0 Å². The minimum absolute atomic E-state index is 0.0790. The summed E-state index contributed by atoms with van der Waals surface area (Å²) in [5.74, 6) is 0.997.